The zero-order chi connectivity index (χ0) is 27.3. The molecule has 1 saturated heterocycles. The first kappa shape index (κ1) is 27.7. The average Bonchev–Trinajstić information content (AvgIpc) is 3.15. The molecule has 2 N–H and O–H groups in total. The molecular formula is C26H35N3O6S2. The van der Waals surface area contributed by atoms with Gasteiger partial charge in [-0.1, -0.05) is 0 Å². The highest BCUT2D eigenvalue weighted by molar-refractivity contribution is 7.89. The average molecular weight is 550 g/mol. The van der Waals surface area contributed by atoms with E-state index in [0.29, 0.717) is 17.0 Å². The molecule has 0 unspecified atom stereocenters. The maximum absolute atomic E-state index is 13.2. The minimum Gasteiger partial charge on any atom is -0.465 e. The minimum atomic E-state index is -3.72. The molecule has 1 fully saturated rings. The van der Waals surface area contributed by atoms with E-state index in [1.54, 1.807) is 0 Å². The zero-order valence-electron chi connectivity index (χ0n) is 22.3. The van der Waals surface area contributed by atoms with E-state index in [1.165, 1.54) is 47.0 Å². The lowest BCUT2D eigenvalue weighted by Crippen LogP contribution is -2.55. The van der Waals surface area contributed by atoms with E-state index >= 15 is 0 Å². The molecule has 1 aromatic carbocycles. The number of morpholine rings is 1. The fraction of sp³-hybridized carbons (Fsp3) is 0.538. The first-order chi connectivity index (χ1) is 17.1. The topological polar surface area (TPSA) is 114 Å². The van der Waals surface area contributed by atoms with Gasteiger partial charge in [0.15, 0.2) is 0 Å². The normalized spacial score (nSPS) is 23.2. The molecule has 0 spiro atoms. The smallest absolute Gasteiger partial charge is 0.341 e. The van der Waals surface area contributed by atoms with Crippen LogP contribution >= 0.6 is 11.3 Å². The molecule has 202 valence electrons. The van der Waals surface area contributed by atoms with Crippen LogP contribution in [0.5, 0.6) is 0 Å². The van der Waals surface area contributed by atoms with E-state index in [1.807, 2.05) is 27.7 Å². The van der Waals surface area contributed by atoms with Crippen molar-refractivity contribution in [3.63, 3.8) is 0 Å². The molecule has 0 aliphatic carbocycles. The molecule has 2 atom stereocenters. The number of nitrogens with zero attached hydrogens (tertiary/aromatic N) is 1. The Bertz CT molecular complexity index is 1300. The van der Waals surface area contributed by atoms with Crippen molar-refractivity contribution in [1.82, 2.24) is 9.62 Å². The van der Waals surface area contributed by atoms with Gasteiger partial charge in [0.05, 0.1) is 29.8 Å². The Kier molecular flexibility index (Phi) is 7.32. The van der Waals surface area contributed by atoms with E-state index in [9.17, 15) is 18.0 Å². The van der Waals surface area contributed by atoms with Crippen LogP contribution in [0, 0.1) is 0 Å². The monoisotopic (exact) mass is 549 g/mol. The van der Waals surface area contributed by atoms with E-state index in [0.717, 1.165) is 10.4 Å². The standard InChI is InChI=1S/C26H35N3O6S2/c1-15-13-29(14-16(2)35-15)37(32,33)18-10-8-17(9-11-18)22(30)27-23-20(24(31)34-7)19-12-25(3,4)28-26(5,6)21(19)36-23/h8-11,15-16,28H,12-14H2,1-7H3,(H,27,30)/t15-,16-/m1/s1. The van der Waals surface area contributed by atoms with Crippen molar-refractivity contribution in [1.29, 1.82) is 0 Å². The highest BCUT2D eigenvalue weighted by Crippen LogP contribution is 2.45. The number of sulfonamides is 1. The Hall–Kier alpha value is -2.31. The number of benzene rings is 1. The van der Waals surface area contributed by atoms with Crippen molar-refractivity contribution in [2.75, 3.05) is 25.5 Å². The maximum Gasteiger partial charge on any atom is 0.341 e. The number of thiophene rings is 1. The van der Waals surface area contributed by atoms with Gasteiger partial charge in [-0.05, 0) is 77.8 Å². The van der Waals surface area contributed by atoms with Crippen LogP contribution < -0.4 is 10.6 Å². The Morgan fingerprint density at radius 3 is 2.27 bits per heavy atom. The van der Waals surface area contributed by atoms with Gasteiger partial charge >= 0.3 is 5.97 Å². The summed E-state index contributed by atoms with van der Waals surface area (Å²) >= 11 is 1.35. The highest BCUT2D eigenvalue weighted by Gasteiger charge is 2.42. The number of anilines is 1. The van der Waals surface area contributed by atoms with Crippen LogP contribution in [-0.4, -0.2) is 62.5 Å². The molecule has 11 heteroatoms. The molecule has 37 heavy (non-hydrogen) atoms. The summed E-state index contributed by atoms with van der Waals surface area (Å²) in [6.07, 6.45) is 0.207. The quantitative estimate of drug-likeness (QED) is 0.546. The second-order valence-corrected chi connectivity index (χ2v) is 13.9. The van der Waals surface area contributed by atoms with Crippen molar-refractivity contribution in [3.8, 4) is 0 Å². The van der Waals surface area contributed by atoms with Gasteiger partial charge in [0.25, 0.3) is 5.91 Å². The van der Waals surface area contributed by atoms with E-state index in [-0.39, 0.29) is 41.3 Å². The van der Waals surface area contributed by atoms with Crippen molar-refractivity contribution < 1.29 is 27.5 Å². The van der Waals surface area contributed by atoms with Crippen molar-refractivity contribution in [2.24, 2.45) is 0 Å². The Morgan fingerprint density at radius 2 is 1.70 bits per heavy atom. The Labute approximate surface area is 222 Å². The number of amides is 1. The summed E-state index contributed by atoms with van der Waals surface area (Å²) < 4.78 is 38.4. The van der Waals surface area contributed by atoms with Gasteiger partial charge in [-0.2, -0.15) is 4.31 Å². The van der Waals surface area contributed by atoms with E-state index in [4.69, 9.17) is 9.47 Å². The summed E-state index contributed by atoms with van der Waals surface area (Å²) in [5, 5.41) is 6.89. The summed E-state index contributed by atoms with van der Waals surface area (Å²) in [6.45, 7) is 12.5. The van der Waals surface area contributed by atoms with Gasteiger partial charge < -0.3 is 20.1 Å². The van der Waals surface area contributed by atoms with Crippen LogP contribution in [0.2, 0.25) is 0 Å². The summed E-state index contributed by atoms with van der Waals surface area (Å²) in [7, 11) is -2.40. The van der Waals surface area contributed by atoms with Crippen LogP contribution in [0.4, 0.5) is 5.00 Å². The fourth-order valence-corrected chi connectivity index (χ4v) is 8.21. The first-order valence-corrected chi connectivity index (χ1v) is 14.5. The summed E-state index contributed by atoms with van der Waals surface area (Å²) in [5.41, 5.74) is 0.865. The molecule has 0 radical (unpaired) electrons. The summed E-state index contributed by atoms with van der Waals surface area (Å²) in [4.78, 5) is 27.1. The highest BCUT2D eigenvalue weighted by atomic mass is 32.2. The van der Waals surface area contributed by atoms with Gasteiger partial charge in [0.2, 0.25) is 10.0 Å². The number of carbonyl (C=O) groups is 2. The van der Waals surface area contributed by atoms with Crippen LogP contribution in [0.3, 0.4) is 0 Å². The lowest BCUT2D eigenvalue weighted by Gasteiger charge is -2.42. The maximum atomic E-state index is 13.2. The number of ether oxygens (including phenoxy) is 2. The lowest BCUT2D eigenvalue weighted by atomic mass is 9.81. The zero-order valence-corrected chi connectivity index (χ0v) is 23.9. The van der Waals surface area contributed by atoms with Gasteiger partial charge in [-0.15, -0.1) is 11.3 Å². The molecule has 9 nitrogen and oxygen atoms in total. The number of esters is 1. The molecule has 2 aliphatic rings. The summed E-state index contributed by atoms with van der Waals surface area (Å²) in [5.74, 6) is -0.942. The molecule has 0 saturated carbocycles. The number of nitrogens with one attached hydrogen (secondary N) is 2. The number of hydrogen-bond donors (Lipinski definition) is 2. The molecule has 3 heterocycles. The van der Waals surface area contributed by atoms with Crippen LogP contribution in [0.25, 0.3) is 0 Å². The molecule has 4 rings (SSSR count). The third kappa shape index (κ3) is 5.46. The number of hydrogen-bond acceptors (Lipinski definition) is 8. The fourth-order valence-electron chi connectivity index (χ4n) is 5.36. The predicted octanol–water partition coefficient (Wildman–Crippen LogP) is 3.74. The lowest BCUT2D eigenvalue weighted by molar-refractivity contribution is -0.0440. The number of methoxy groups -OCH3 is 1. The van der Waals surface area contributed by atoms with Gasteiger partial charge in [-0.25, -0.2) is 13.2 Å². The number of fused-ring (bicyclic) bond motifs is 1. The Morgan fingerprint density at radius 1 is 1.11 bits per heavy atom. The second kappa shape index (κ2) is 9.77. The van der Waals surface area contributed by atoms with Crippen molar-refractivity contribution in [2.45, 2.75) is 76.1 Å². The third-order valence-corrected chi connectivity index (χ3v) is 9.92. The molecular weight excluding hydrogens is 514 g/mol. The van der Waals surface area contributed by atoms with Crippen LogP contribution in [0.1, 0.15) is 72.7 Å². The molecule has 1 amide bonds. The van der Waals surface area contributed by atoms with Crippen LogP contribution in [0.15, 0.2) is 29.2 Å². The minimum absolute atomic E-state index is 0.113. The predicted molar refractivity (Wildman–Crippen MR) is 143 cm³/mol. The summed E-state index contributed by atoms with van der Waals surface area (Å²) in [6, 6.07) is 5.83. The second-order valence-electron chi connectivity index (χ2n) is 11.0. The number of carbonyl (C=O) groups excluding carboxylic acids is 2. The largest absolute Gasteiger partial charge is 0.465 e. The van der Waals surface area contributed by atoms with Crippen molar-refractivity contribution in [3.05, 3.63) is 45.8 Å². The van der Waals surface area contributed by atoms with Crippen LogP contribution in [-0.2, 0) is 31.5 Å². The van der Waals surface area contributed by atoms with Crippen molar-refractivity contribution >= 4 is 38.2 Å². The van der Waals surface area contributed by atoms with E-state index < -0.39 is 27.4 Å². The SMILES string of the molecule is COC(=O)c1c(NC(=O)c2ccc(S(=O)(=O)N3C[C@@H](C)O[C@H](C)C3)cc2)sc2c1CC(C)(C)NC2(C)C. The third-order valence-electron chi connectivity index (χ3n) is 6.60. The Balaban J connectivity index is 1.61. The molecule has 1 aromatic heterocycles. The van der Waals surface area contributed by atoms with Gasteiger partial charge in [0, 0.05) is 34.6 Å². The first-order valence-electron chi connectivity index (χ1n) is 12.3. The molecule has 2 aliphatic heterocycles. The number of rotatable bonds is 5. The van der Waals surface area contributed by atoms with Gasteiger partial charge in [-0.3, -0.25) is 4.79 Å². The van der Waals surface area contributed by atoms with Gasteiger partial charge in [0.1, 0.15) is 5.00 Å². The van der Waals surface area contributed by atoms with E-state index in [2.05, 4.69) is 24.5 Å². The molecule has 0 bridgehead atoms. The molecule has 2 aromatic rings.